The Balaban J connectivity index is 1.68. The van der Waals surface area contributed by atoms with Gasteiger partial charge in [-0.2, -0.15) is 0 Å². The lowest BCUT2D eigenvalue weighted by molar-refractivity contribution is -0.130. The number of pyridine rings is 1. The Morgan fingerprint density at radius 1 is 1.26 bits per heavy atom. The number of nitrogens with zero attached hydrogens (tertiary/aromatic N) is 1. The molecule has 2 aromatic rings. The van der Waals surface area contributed by atoms with Crippen LogP contribution in [0.5, 0.6) is 5.75 Å². The van der Waals surface area contributed by atoms with Gasteiger partial charge in [-0.05, 0) is 55.2 Å². The van der Waals surface area contributed by atoms with Gasteiger partial charge in [0.15, 0.2) is 0 Å². The number of ether oxygens (including phenoxy) is 1. The second-order valence-corrected chi connectivity index (χ2v) is 5.93. The fourth-order valence-corrected chi connectivity index (χ4v) is 3.11. The molecule has 1 aromatic carbocycles. The van der Waals surface area contributed by atoms with Crippen LogP contribution in [0, 0.1) is 0 Å². The molecule has 0 unspecified atom stereocenters. The van der Waals surface area contributed by atoms with E-state index in [4.69, 9.17) is 4.74 Å². The zero-order chi connectivity index (χ0) is 16.1. The van der Waals surface area contributed by atoms with Crippen LogP contribution in [0.2, 0.25) is 0 Å². The van der Waals surface area contributed by atoms with Gasteiger partial charge in [0.2, 0.25) is 5.91 Å². The summed E-state index contributed by atoms with van der Waals surface area (Å²) in [5.74, 6) is 0.948. The highest BCUT2D eigenvalue weighted by Gasteiger charge is 2.45. The molecule has 0 saturated heterocycles. The maximum Gasteiger partial charge on any atom is 0.230 e. The second-order valence-electron chi connectivity index (χ2n) is 5.93. The maximum absolute atomic E-state index is 12.8. The lowest BCUT2D eigenvalue weighted by Gasteiger charge is -2.40. The molecule has 0 radical (unpaired) electrons. The topological polar surface area (TPSA) is 51.2 Å². The normalized spacial score (nSPS) is 15.5. The molecule has 0 bridgehead atoms. The number of carbonyl (C=O) groups is 1. The molecule has 1 amide bonds. The highest BCUT2D eigenvalue weighted by molar-refractivity contribution is 5.89. The van der Waals surface area contributed by atoms with Crippen LogP contribution in [0.15, 0.2) is 48.8 Å². The van der Waals surface area contributed by atoms with Crippen LogP contribution in [-0.4, -0.2) is 17.5 Å². The average Bonchev–Trinajstić information content (AvgIpc) is 2.54. The molecule has 1 aliphatic rings. The number of aromatic nitrogens is 1. The zero-order valence-electron chi connectivity index (χ0n) is 13.4. The van der Waals surface area contributed by atoms with Gasteiger partial charge >= 0.3 is 0 Å². The fraction of sp³-hybridized carbons (Fsp3) is 0.368. The predicted molar refractivity (Wildman–Crippen MR) is 89.2 cm³/mol. The van der Waals surface area contributed by atoms with Crippen molar-refractivity contribution in [3.8, 4) is 5.75 Å². The van der Waals surface area contributed by atoms with Crippen LogP contribution in [0.25, 0.3) is 0 Å². The lowest BCUT2D eigenvalue weighted by atomic mass is 9.64. The molecule has 1 aromatic heterocycles. The predicted octanol–water partition coefficient (Wildman–Crippen LogP) is 3.22. The van der Waals surface area contributed by atoms with Crippen molar-refractivity contribution >= 4 is 5.91 Å². The van der Waals surface area contributed by atoms with E-state index in [0.717, 1.165) is 36.1 Å². The minimum atomic E-state index is -0.375. The Hall–Kier alpha value is -2.36. The monoisotopic (exact) mass is 310 g/mol. The summed E-state index contributed by atoms with van der Waals surface area (Å²) < 4.78 is 5.50. The Bertz CT molecular complexity index is 666. The van der Waals surface area contributed by atoms with Crippen LogP contribution in [0.3, 0.4) is 0 Å². The van der Waals surface area contributed by atoms with E-state index in [2.05, 4.69) is 10.3 Å². The smallest absolute Gasteiger partial charge is 0.230 e. The van der Waals surface area contributed by atoms with Gasteiger partial charge in [0.1, 0.15) is 5.75 Å². The Kier molecular flexibility index (Phi) is 4.60. The van der Waals surface area contributed by atoms with Crippen molar-refractivity contribution in [1.82, 2.24) is 10.3 Å². The number of carbonyl (C=O) groups excluding carboxylic acids is 1. The standard InChI is InChI=1S/C19H22N2O2/c1-2-23-17-6-3-5-15(13-17)14-21-18(22)19(9-4-10-19)16-7-11-20-12-8-16/h3,5-8,11-13H,2,4,9-10,14H2,1H3,(H,21,22). The Labute approximate surface area is 136 Å². The molecule has 120 valence electrons. The summed E-state index contributed by atoms with van der Waals surface area (Å²) >= 11 is 0. The van der Waals surface area contributed by atoms with Crippen molar-refractivity contribution in [2.75, 3.05) is 6.61 Å². The van der Waals surface area contributed by atoms with Gasteiger partial charge in [-0.3, -0.25) is 9.78 Å². The SMILES string of the molecule is CCOc1cccc(CNC(=O)C2(c3ccncc3)CCC2)c1. The van der Waals surface area contributed by atoms with E-state index in [0.29, 0.717) is 13.2 Å². The molecule has 23 heavy (non-hydrogen) atoms. The van der Waals surface area contributed by atoms with E-state index in [-0.39, 0.29) is 11.3 Å². The molecule has 1 fully saturated rings. The molecular weight excluding hydrogens is 288 g/mol. The van der Waals surface area contributed by atoms with E-state index in [1.165, 1.54) is 0 Å². The molecule has 1 aliphatic carbocycles. The van der Waals surface area contributed by atoms with Crippen LogP contribution >= 0.6 is 0 Å². The molecular formula is C19H22N2O2. The first-order chi connectivity index (χ1) is 11.2. The molecule has 0 aliphatic heterocycles. The van der Waals surface area contributed by atoms with Crippen molar-refractivity contribution in [3.05, 3.63) is 59.9 Å². The summed E-state index contributed by atoms with van der Waals surface area (Å²) in [4.78, 5) is 16.8. The molecule has 1 saturated carbocycles. The van der Waals surface area contributed by atoms with E-state index in [9.17, 15) is 4.79 Å². The number of hydrogen-bond donors (Lipinski definition) is 1. The highest BCUT2D eigenvalue weighted by atomic mass is 16.5. The quantitative estimate of drug-likeness (QED) is 0.891. The third-order valence-corrected chi connectivity index (χ3v) is 4.54. The summed E-state index contributed by atoms with van der Waals surface area (Å²) in [6.45, 7) is 3.12. The molecule has 4 heteroatoms. The lowest BCUT2D eigenvalue weighted by Crippen LogP contribution is -2.49. The number of benzene rings is 1. The fourth-order valence-electron chi connectivity index (χ4n) is 3.11. The summed E-state index contributed by atoms with van der Waals surface area (Å²) in [5, 5.41) is 3.09. The van der Waals surface area contributed by atoms with E-state index in [1.54, 1.807) is 12.4 Å². The largest absolute Gasteiger partial charge is 0.494 e. The third kappa shape index (κ3) is 3.21. The molecule has 0 atom stereocenters. The average molecular weight is 310 g/mol. The van der Waals surface area contributed by atoms with Crippen LogP contribution < -0.4 is 10.1 Å². The molecule has 0 spiro atoms. The Morgan fingerprint density at radius 3 is 2.70 bits per heavy atom. The van der Waals surface area contributed by atoms with Crippen molar-refractivity contribution < 1.29 is 9.53 Å². The molecule has 1 heterocycles. The first-order valence-corrected chi connectivity index (χ1v) is 8.15. The van der Waals surface area contributed by atoms with Gasteiger partial charge in [-0.25, -0.2) is 0 Å². The maximum atomic E-state index is 12.8. The van der Waals surface area contributed by atoms with Gasteiger partial charge in [-0.1, -0.05) is 18.6 Å². The summed E-state index contributed by atoms with van der Waals surface area (Å²) in [7, 11) is 0. The molecule has 4 nitrogen and oxygen atoms in total. The first-order valence-electron chi connectivity index (χ1n) is 8.15. The van der Waals surface area contributed by atoms with Gasteiger partial charge < -0.3 is 10.1 Å². The second kappa shape index (κ2) is 6.82. The van der Waals surface area contributed by atoms with Crippen molar-refractivity contribution in [2.45, 2.75) is 38.1 Å². The number of rotatable bonds is 6. The van der Waals surface area contributed by atoms with Gasteiger partial charge in [-0.15, -0.1) is 0 Å². The van der Waals surface area contributed by atoms with E-state index in [1.807, 2.05) is 43.3 Å². The van der Waals surface area contributed by atoms with Crippen LogP contribution in [-0.2, 0) is 16.8 Å². The van der Waals surface area contributed by atoms with Crippen molar-refractivity contribution in [3.63, 3.8) is 0 Å². The minimum Gasteiger partial charge on any atom is -0.494 e. The summed E-state index contributed by atoms with van der Waals surface area (Å²) in [6, 6.07) is 11.8. The molecule has 3 rings (SSSR count). The zero-order valence-corrected chi connectivity index (χ0v) is 13.4. The van der Waals surface area contributed by atoms with Crippen molar-refractivity contribution in [1.29, 1.82) is 0 Å². The number of hydrogen-bond acceptors (Lipinski definition) is 3. The van der Waals surface area contributed by atoms with Gasteiger partial charge in [0.05, 0.1) is 12.0 Å². The number of amides is 1. The summed E-state index contributed by atoms with van der Waals surface area (Å²) in [6.07, 6.45) is 6.42. The molecule has 1 N–H and O–H groups in total. The van der Waals surface area contributed by atoms with Crippen LogP contribution in [0.1, 0.15) is 37.3 Å². The highest BCUT2D eigenvalue weighted by Crippen LogP contribution is 2.43. The van der Waals surface area contributed by atoms with Crippen LogP contribution in [0.4, 0.5) is 0 Å². The Morgan fingerprint density at radius 2 is 2.04 bits per heavy atom. The van der Waals surface area contributed by atoms with E-state index >= 15 is 0 Å². The first kappa shape index (κ1) is 15.5. The minimum absolute atomic E-state index is 0.108. The number of nitrogens with one attached hydrogen (secondary N) is 1. The summed E-state index contributed by atoms with van der Waals surface area (Å²) in [5.41, 5.74) is 1.74. The van der Waals surface area contributed by atoms with E-state index < -0.39 is 0 Å². The van der Waals surface area contributed by atoms with Gasteiger partial charge in [0, 0.05) is 18.9 Å². The third-order valence-electron chi connectivity index (χ3n) is 4.54. The van der Waals surface area contributed by atoms with Crippen molar-refractivity contribution in [2.24, 2.45) is 0 Å². The van der Waals surface area contributed by atoms with Gasteiger partial charge in [0.25, 0.3) is 0 Å².